The van der Waals surface area contributed by atoms with Crippen LogP contribution in [0.15, 0.2) is 42.5 Å². The Morgan fingerprint density at radius 3 is 2.15 bits per heavy atom. The van der Waals surface area contributed by atoms with Gasteiger partial charge in [0.15, 0.2) is 0 Å². The predicted molar refractivity (Wildman–Crippen MR) is 91.9 cm³/mol. The Morgan fingerprint density at radius 1 is 1.00 bits per heavy atom. The maximum atomic E-state index is 2.34. The van der Waals surface area contributed by atoms with Crippen LogP contribution >= 0.6 is 0 Å². The standard InChI is InChI=1S/C17H22.C3H8/c1-3-14(2)13-15-9-11-17(12-10-15)16-7-5-4-6-8-16;1-3-2/h5,7-12,14H,3-4,6,13H2,1-2H3;3H2,1-2H3. The third kappa shape index (κ3) is 5.77. The van der Waals surface area contributed by atoms with Crippen molar-refractivity contribution in [3.8, 4) is 0 Å². The Labute approximate surface area is 125 Å². The predicted octanol–water partition coefficient (Wildman–Crippen LogP) is 6.42. The van der Waals surface area contributed by atoms with Crippen LogP contribution in [-0.4, -0.2) is 0 Å². The SMILES string of the molecule is CCC.CCC(C)Cc1ccc(C2=CCCC=C2)cc1. The first-order chi connectivity index (χ1) is 9.71. The van der Waals surface area contributed by atoms with Crippen molar-refractivity contribution < 1.29 is 0 Å². The maximum Gasteiger partial charge on any atom is -0.0187 e. The average molecular weight is 270 g/mol. The number of hydrogen-bond acceptors (Lipinski definition) is 0. The second kappa shape index (κ2) is 9.58. The molecule has 1 aliphatic rings. The number of allylic oxidation sites excluding steroid dienone is 4. The Hall–Kier alpha value is -1.30. The van der Waals surface area contributed by atoms with Gasteiger partial charge >= 0.3 is 0 Å². The summed E-state index contributed by atoms with van der Waals surface area (Å²) >= 11 is 0. The zero-order chi connectivity index (χ0) is 14.8. The molecule has 1 aliphatic carbocycles. The van der Waals surface area contributed by atoms with Crippen LogP contribution in [-0.2, 0) is 6.42 Å². The number of hydrogen-bond donors (Lipinski definition) is 0. The van der Waals surface area contributed by atoms with E-state index in [1.54, 1.807) is 0 Å². The molecule has 0 nitrogen and oxygen atoms in total. The second-order valence-corrected chi connectivity index (χ2v) is 5.76. The van der Waals surface area contributed by atoms with Gasteiger partial charge in [0.25, 0.3) is 0 Å². The minimum absolute atomic E-state index is 0.787. The molecule has 0 bridgehead atoms. The van der Waals surface area contributed by atoms with Crippen LogP contribution in [0.3, 0.4) is 0 Å². The van der Waals surface area contributed by atoms with E-state index in [-0.39, 0.29) is 0 Å². The fourth-order valence-corrected chi connectivity index (χ4v) is 2.21. The highest BCUT2D eigenvalue weighted by Crippen LogP contribution is 2.22. The Kier molecular flexibility index (Phi) is 8.02. The molecular formula is C20H30. The molecule has 0 saturated heterocycles. The van der Waals surface area contributed by atoms with Crippen molar-refractivity contribution in [1.29, 1.82) is 0 Å². The van der Waals surface area contributed by atoms with Crippen molar-refractivity contribution in [2.75, 3.05) is 0 Å². The van der Waals surface area contributed by atoms with Gasteiger partial charge in [0.05, 0.1) is 0 Å². The number of rotatable bonds is 4. The van der Waals surface area contributed by atoms with Gasteiger partial charge in [0.2, 0.25) is 0 Å². The van der Waals surface area contributed by atoms with Gasteiger partial charge in [-0.15, -0.1) is 0 Å². The average Bonchev–Trinajstić information content (AvgIpc) is 2.49. The van der Waals surface area contributed by atoms with Crippen molar-refractivity contribution in [3.63, 3.8) is 0 Å². The van der Waals surface area contributed by atoms with Gasteiger partial charge in [-0.3, -0.25) is 0 Å². The van der Waals surface area contributed by atoms with Crippen LogP contribution in [0.25, 0.3) is 5.57 Å². The molecule has 110 valence electrons. The highest BCUT2D eigenvalue weighted by molar-refractivity contribution is 5.74. The summed E-state index contributed by atoms with van der Waals surface area (Å²) in [5.74, 6) is 0.787. The molecule has 0 amide bonds. The smallest absolute Gasteiger partial charge is 0.0187 e. The molecule has 1 atom stereocenters. The van der Waals surface area contributed by atoms with Crippen molar-refractivity contribution in [1.82, 2.24) is 0 Å². The maximum absolute atomic E-state index is 2.34. The van der Waals surface area contributed by atoms with Crippen molar-refractivity contribution in [2.24, 2.45) is 5.92 Å². The van der Waals surface area contributed by atoms with Gasteiger partial charge in [0, 0.05) is 0 Å². The molecule has 0 aromatic heterocycles. The lowest BCUT2D eigenvalue weighted by Gasteiger charge is -2.10. The summed E-state index contributed by atoms with van der Waals surface area (Å²) in [6.45, 7) is 8.83. The van der Waals surface area contributed by atoms with Gasteiger partial charge in [-0.2, -0.15) is 0 Å². The van der Waals surface area contributed by atoms with E-state index in [9.17, 15) is 0 Å². The molecule has 1 aromatic rings. The first kappa shape index (κ1) is 16.8. The summed E-state index contributed by atoms with van der Waals surface area (Å²) in [4.78, 5) is 0. The summed E-state index contributed by atoms with van der Waals surface area (Å²) in [6, 6.07) is 9.09. The van der Waals surface area contributed by atoms with E-state index in [4.69, 9.17) is 0 Å². The summed E-state index contributed by atoms with van der Waals surface area (Å²) in [5, 5.41) is 0. The normalized spacial score (nSPS) is 15.1. The fourth-order valence-electron chi connectivity index (χ4n) is 2.21. The Morgan fingerprint density at radius 2 is 1.65 bits per heavy atom. The Balaban J connectivity index is 0.000000612. The van der Waals surface area contributed by atoms with E-state index in [1.807, 2.05) is 0 Å². The molecule has 0 heterocycles. The summed E-state index contributed by atoms with van der Waals surface area (Å²) in [5.41, 5.74) is 4.20. The molecule has 0 aliphatic heterocycles. The van der Waals surface area contributed by atoms with E-state index < -0.39 is 0 Å². The molecule has 0 heteroatoms. The van der Waals surface area contributed by atoms with Crippen LogP contribution in [0.4, 0.5) is 0 Å². The summed E-state index contributed by atoms with van der Waals surface area (Å²) in [7, 11) is 0. The van der Waals surface area contributed by atoms with Gasteiger partial charge in [0.1, 0.15) is 0 Å². The first-order valence-electron chi connectivity index (χ1n) is 8.17. The number of benzene rings is 1. The van der Waals surface area contributed by atoms with Crippen LogP contribution in [0.2, 0.25) is 0 Å². The van der Waals surface area contributed by atoms with E-state index in [1.165, 1.54) is 48.8 Å². The zero-order valence-electron chi connectivity index (χ0n) is 13.7. The molecule has 0 N–H and O–H groups in total. The quantitative estimate of drug-likeness (QED) is 0.591. The summed E-state index contributed by atoms with van der Waals surface area (Å²) in [6.07, 6.45) is 12.9. The largest absolute Gasteiger partial charge is 0.0836 e. The molecular weight excluding hydrogens is 240 g/mol. The van der Waals surface area contributed by atoms with Crippen molar-refractivity contribution in [3.05, 3.63) is 53.6 Å². The molecule has 0 spiro atoms. The van der Waals surface area contributed by atoms with E-state index >= 15 is 0 Å². The molecule has 20 heavy (non-hydrogen) atoms. The lowest BCUT2D eigenvalue weighted by atomic mass is 9.95. The molecule has 2 rings (SSSR count). The van der Waals surface area contributed by atoms with Crippen LogP contribution in [0, 0.1) is 5.92 Å². The lowest BCUT2D eigenvalue weighted by Crippen LogP contribution is -1.97. The van der Waals surface area contributed by atoms with Crippen LogP contribution in [0.1, 0.15) is 64.5 Å². The highest BCUT2D eigenvalue weighted by atomic mass is 14.1. The highest BCUT2D eigenvalue weighted by Gasteiger charge is 2.03. The molecule has 0 saturated carbocycles. The Bertz CT molecular complexity index is 420. The van der Waals surface area contributed by atoms with Crippen molar-refractivity contribution >= 4 is 5.57 Å². The lowest BCUT2D eigenvalue weighted by molar-refractivity contribution is 0.560. The first-order valence-corrected chi connectivity index (χ1v) is 8.17. The van der Waals surface area contributed by atoms with E-state index in [2.05, 4.69) is 70.2 Å². The minimum atomic E-state index is 0.787. The molecule has 1 unspecified atom stereocenters. The fraction of sp³-hybridized carbons (Fsp3) is 0.500. The summed E-state index contributed by atoms with van der Waals surface area (Å²) < 4.78 is 0. The molecule has 0 fully saturated rings. The monoisotopic (exact) mass is 270 g/mol. The van der Waals surface area contributed by atoms with Crippen LogP contribution in [0.5, 0.6) is 0 Å². The topological polar surface area (TPSA) is 0 Å². The van der Waals surface area contributed by atoms with Gasteiger partial charge < -0.3 is 0 Å². The van der Waals surface area contributed by atoms with Gasteiger partial charge in [-0.25, -0.2) is 0 Å². The zero-order valence-corrected chi connectivity index (χ0v) is 13.7. The third-order valence-electron chi connectivity index (χ3n) is 3.56. The van der Waals surface area contributed by atoms with E-state index in [0.717, 1.165) is 5.92 Å². The second-order valence-electron chi connectivity index (χ2n) is 5.76. The minimum Gasteiger partial charge on any atom is -0.0836 e. The third-order valence-corrected chi connectivity index (χ3v) is 3.56. The molecule has 0 radical (unpaired) electrons. The van der Waals surface area contributed by atoms with E-state index in [0.29, 0.717) is 0 Å². The van der Waals surface area contributed by atoms with Crippen molar-refractivity contribution in [2.45, 2.75) is 59.8 Å². The molecule has 1 aromatic carbocycles. The van der Waals surface area contributed by atoms with Gasteiger partial charge in [-0.1, -0.05) is 83.0 Å². The van der Waals surface area contributed by atoms with Gasteiger partial charge in [-0.05, 0) is 41.9 Å². The van der Waals surface area contributed by atoms with Crippen LogP contribution < -0.4 is 0 Å².